The fraction of sp³-hybridized carbons (Fsp3) is 0.750. The summed E-state index contributed by atoms with van der Waals surface area (Å²) in [6.07, 6.45) is 5.17. The third-order valence-corrected chi connectivity index (χ3v) is 3.53. The van der Waals surface area contributed by atoms with Gasteiger partial charge in [-0.05, 0) is 25.9 Å². The summed E-state index contributed by atoms with van der Waals surface area (Å²) in [6.45, 7) is 5.53. The molecule has 1 saturated heterocycles. The van der Waals surface area contributed by atoms with E-state index in [-0.39, 0.29) is 0 Å². The summed E-state index contributed by atoms with van der Waals surface area (Å²) in [7, 11) is 4.22. The fourth-order valence-electron chi connectivity index (χ4n) is 2.33. The normalized spacial score (nSPS) is 25.5. The van der Waals surface area contributed by atoms with E-state index in [0.717, 1.165) is 24.8 Å². The molecule has 1 aliphatic heterocycles. The number of aromatic nitrogens is 2. The standard InChI is InChI=1S/C12H22N4/c1-10-4-5-13-11(10)8-15(2)9-12-14-6-7-16(12)3/h6-7,10-11,13H,4-5,8-9H2,1-3H3. The molecule has 0 aromatic carbocycles. The van der Waals surface area contributed by atoms with E-state index in [4.69, 9.17) is 0 Å². The first-order valence-corrected chi connectivity index (χ1v) is 6.05. The molecule has 2 atom stereocenters. The molecule has 1 N–H and O–H groups in total. The van der Waals surface area contributed by atoms with Crippen molar-refractivity contribution < 1.29 is 0 Å². The largest absolute Gasteiger partial charge is 0.337 e. The Labute approximate surface area is 97.7 Å². The second kappa shape index (κ2) is 4.97. The minimum Gasteiger partial charge on any atom is -0.337 e. The molecule has 1 aromatic heterocycles. The molecular formula is C12H22N4. The van der Waals surface area contributed by atoms with Crippen molar-refractivity contribution in [2.75, 3.05) is 20.1 Å². The van der Waals surface area contributed by atoms with Crippen LogP contribution in [0, 0.1) is 5.92 Å². The van der Waals surface area contributed by atoms with Gasteiger partial charge < -0.3 is 9.88 Å². The summed E-state index contributed by atoms with van der Waals surface area (Å²) in [5, 5.41) is 3.56. The van der Waals surface area contributed by atoms with Crippen molar-refractivity contribution in [1.82, 2.24) is 19.8 Å². The van der Waals surface area contributed by atoms with Crippen molar-refractivity contribution in [3.05, 3.63) is 18.2 Å². The Hall–Kier alpha value is -0.870. The van der Waals surface area contributed by atoms with Crippen molar-refractivity contribution in [1.29, 1.82) is 0 Å². The number of likely N-dealkylation sites (N-methyl/N-ethyl adjacent to an activating group) is 1. The quantitative estimate of drug-likeness (QED) is 0.820. The lowest BCUT2D eigenvalue weighted by Gasteiger charge is -2.23. The molecular weight excluding hydrogens is 200 g/mol. The van der Waals surface area contributed by atoms with Crippen LogP contribution < -0.4 is 5.32 Å². The first-order chi connectivity index (χ1) is 7.66. The second-order valence-corrected chi connectivity index (χ2v) is 4.98. The van der Waals surface area contributed by atoms with Gasteiger partial charge in [-0.2, -0.15) is 0 Å². The van der Waals surface area contributed by atoms with Crippen LogP contribution in [-0.2, 0) is 13.6 Å². The molecule has 0 amide bonds. The summed E-state index contributed by atoms with van der Waals surface area (Å²) < 4.78 is 2.09. The predicted molar refractivity (Wildman–Crippen MR) is 65.1 cm³/mol. The lowest BCUT2D eigenvalue weighted by Crippen LogP contribution is -2.38. The first-order valence-electron chi connectivity index (χ1n) is 6.05. The van der Waals surface area contributed by atoms with Crippen molar-refractivity contribution in [2.24, 2.45) is 13.0 Å². The van der Waals surface area contributed by atoms with Crippen LogP contribution in [-0.4, -0.2) is 40.6 Å². The van der Waals surface area contributed by atoms with Gasteiger partial charge in [-0.3, -0.25) is 4.90 Å². The van der Waals surface area contributed by atoms with E-state index in [1.54, 1.807) is 0 Å². The average molecular weight is 222 g/mol. The van der Waals surface area contributed by atoms with Crippen LogP contribution in [0.25, 0.3) is 0 Å². The molecule has 2 unspecified atom stereocenters. The third-order valence-electron chi connectivity index (χ3n) is 3.53. The Morgan fingerprint density at radius 1 is 1.62 bits per heavy atom. The minimum absolute atomic E-state index is 0.644. The van der Waals surface area contributed by atoms with Gasteiger partial charge in [0.2, 0.25) is 0 Å². The van der Waals surface area contributed by atoms with Crippen molar-refractivity contribution in [2.45, 2.75) is 25.9 Å². The van der Waals surface area contributed by atoms with Gasteiger partial charge in [-0.25, -0.2) is 4.98 Å². The van der Waals surface area contributed by atoms with Gasteiger partial charge in [0.25, 0.3) is 0 Å². The number of hydrogen-bond donors (Lipinski definition) is 1. The van der Waals surface area contributed by atoms with Crippen molar-refractivity contribution >= 4 is 0 Å². The number of nitrogens with zero attached hydrogens (tertiary/aromatic N) is 3. The van der Waals surface area contributed by atoms with Crippen molar-refractivity contribution in [3.8, 4) is 0 Å². The summed E-state index contributed by atoms with van der Waals surface area (Å²) in [6, 6.07) is 0.644. The number of rotatable bonds is 4. The summed E-state index contributed by atoms with van der Waals surface area (Å²) in [5.41, 5.74) is 0. The number of imidazole rings is 1. The van der Waals surface area contributed by atoms with Crippen LogP contribution >= 0.6 is 0 Å². The summed E-state index contributed by atoms with van der Waals surface area (Å²) in [5.74, 6) is 1.93. The molecule has 0 aliphatic carbocycles. The van der Waals surface area contributed by atoms with E-state index < -0.39 is 0 Å². The SMILES string of the molecule is CC1CCNC1CN(C)Cc1nccn1C. The van der Waals surface area contributed by atoms with E-state index in [1.165, 1.54) is 13.0 Å². The third kappa shape index (κ3) is 2.62. The van der Waals surface area contributed by atoms with E-state index in [9.17, 15) is 0 Å². The minimum atomic E-state index is 0.644. The van der Waals surface area contributed by atoms with Crippen LogP contribution in [0.5, 0.6) is 0 Å². The van der Waals surface area contributed by atoms with E-state index in [0.29, 0.717) is 6.04 Å². The Bertz CT molecular complexity index is 334. The summed E-state index contributed by atoms with van der Waals surface area (Å²) in [4.78, 5) is 6.70. The maximum atomic E-state index is 4.35. The van der Waals surface area contributed by atoms with Gasteiger partial charge in [0, 0.05) is 32.0 Å². The Morgan fingerprint density at radius 2 is 2.44 bits per heavy atom. The zero-order valence-corrected chi connectivity index (χ0v) is 10.5. The maximum absolute atomic E-state index is 4.35. The molecule has 0 bridgehead atoms. The van der Waals surface area contributed by atoms with E-state index >= 15 is 0 Å². The van der Waals surface area contributed by atoms with Gasteiger partial charge in [0.1, 0.15) is 5.82 Å². The monoisotopic (exact) mass is 222 g/mol. The molecule has 2 heterocycles. The molecule has 0 radical (unpaired) electrons. The number of aryl methyl sites for hydroxylation is 1. The Balaban J connectivity index is 1.84. The molecule has 4 nitrogen and oxygen atoms in total. The highest BCUT2D eigenvalue weighted by atomic mass is 15.2. The number of nitrogens with one attached hydrogen (secondary N) is 1. The van der Waals surface area contributed by atoms with Crippen LogP contribution in [0.4, 0.5) is 0 Å². The molecule has 1 fully saturated rings. The fourth-order valence-corrected chi connectivity index (χ4v) is 2.33. The maximum Gasteiger partial charge on any atom is 0.122 e. The summed E-state index contributed by atoms with van der Waals surface area (Å²) >= 11 is 0. The van der Waals surface area contributed by atoms with Crippen LogP contribution in [0.1, 0.15) is 19.2 Å². The second-order valence-electron chi connectivity index (χ2n) is 4.98. The lowest BCUT2D eigenvalue weighted by atomic mass is 10.0. The zero-order chi connectivity index (χ0) is 11.5. The Morgan fingerprint density at radius 3 is 3.00 bits per heavy atom. The van der Waals surface area contributed by atoms with Crippen LogP contribution in [0.3, 0.4) is 0 Å². The van der Waals surface area contributed by atoms with E-state index in [2.05, 4.69) is 33.7 Å². The van der Waals surface area contributed by atoms with Gasteiger partial charge in [-0.1, -0.05) is 6.92 Å². The van der Waals surface area contributed by atoms with Gasteiger partial charge >= 0.3 is 0 Å². The van der Waals surface area contributed by atoms with Crippen molar-refractivity contribution in [3.63, 3.8) is 0 Å². The van der Waals surface area contributed by atoms with Gasteiger partial charge in [0.05, 0.1) is 6.54 Å². The topological polar surface area (TPSA) is 33.1 Å². The van der Waals surface area contributed by atoms with Gasteiger partial charge in [-0.15, -0.1) is 0 Å². The molecule has 1 aromatic rings. The highest BCUT2D eigenvalue weighted by Gasteiger charge is 2.23. The molecule has 2 rings (SSSR count). The molecule has 1 aliphatic rings. The Kier molecular flexibility index (Phi) is 3.61. The molecule has 0 spiro atoms. The number of hydrogen-bond acceptors (Lipinski definition) is 3. The molecule has 90 valence electrons. The zero-order valence-electron chi connectivity index (χ0n) is 10.5. The molecule has 4 heteroatoms. The smallest absolute Gasteiger partial charge is 0.122 e. The van der Waals surface area contributed by atoms with Crippen LogP contribution in [0.2, 0.25) is 0 Å². The lowest BCUT2D eigenvalue weighted by molar-refractivity contribution is 0.264. The average Bonchev–Trinajstić information content (AvgIpc) is 2.79. The van der Waals surface area contributed by atoms with Gasteiger partial charge in [0.15, 0.2) is 0 Å². The predicted octanol–water partition coefficient (Wildman–Crippen LogP) is 0.850. The first kappa shape index (κ1) is 11.6. The highest BCUT2D eigenvalue weighted by molar-refractivity contribution is 4.91. The van der Waals surface area contributed by atoms with E-state index in [1.807, 2.05) is 19.4 Å². The highest BCUT2D eigenvalue weighted by Crippen LogP contribution is 2.15. The van der Waals surface area contributed by atoms with Crippen LogP contribution in [0.15, 0.2) is 12.4 Å². The molecule has 16 heavy (non-hydrogen) atoms. The molecule has 0 saturated carbocycles.